The molecular formula is C20H27NO4. The zero-order valence-corrected chi connectivity index (χ0v) is 14.9. The number of nitrogens with zero attached hydrogens (tertiary/aromatic N) is 1. The SMILES string of the molecule is C.[C-]#[N+]/C(C(=O)OCCC)=C1/CC(C)(C)c2cc(OC)c(OC)cc21. The smallest absolute Gasteiger partial charge is 0.336 e. The van der Waals surface area contributed by atoms with Crippen molar-refractivity contribution in [1.82, 2.24) is 0 Å². The maximum Gasteiger partial charge on any atom is 0.336 e. The molecule has 0 heterocycles. The summed E-state index contributed by atoms with van der Waals surface area (Å²) in [5.41, 5.74) is 2.47. The van der Waals surface area contributed by atoms with Gasteiger partial charge in [0.25, 0.3) is 5.70 Å². The van der Waals surface area contributed by atoms with E-state index in [0.29, 0.717) is 30.1 Å². The quantitative estimate of drug-likeness (QED) is 0.444. The molecule has 0 spiro atoms. The van der Waals surface area contributed by atoms with Crippen molar-refractivity contribution in [3.05, 3.63) is 40.4 Å². The van der Waals surface area contributed by atoms with Gasteiger partial charge in [-0.15, -0.1) is 0 Å². The highest BCUT2D eigenvalue weighted by Crippen LogP contribution is 2.50. The van der Waals surface area contributed by atoms with Crippen LogP contribution in [0.4, 0.5) is 0 Å². The minimum Gasteiger partial charge on any atom is -0.493 e. The Bertz CT molecular complexity index is 726. The zero-order valence-electron chi connectivity index (χ0n) is 14.9. The summed E-state index contributed by atoms with van der Waals surface area (Å²) in [7, 11) is 3.16. The monoisotopic (exact) mass is 345 g/mol. The number of esters is 1. The van der Waals surface area contributed by atoms with Crippen LogP contribution in [0.5, 0.6) is 11.5 Å². The fraction of sp³-hybridized carbons (Fsp3) is 0.500. The number of carbonyl (C=O) groups excluding carboxylic acids is 1. The van der Waals surface area contributed by atoms with E-state index in [1.807, 2.05) is 19.1 Å². The average molecular weight is 345 g/mol. The molecule has 0 bridgehead atoms. The van der Waals surface area contributed by atoms with E-state index in [1.54, 1.807) is 14.2 Å². The maximum atomic E-state index is 12.3. The number of methoxy groups -OCH3 is 2. The second-order valence-electron chi connectivity index (χ2n) is 6.39. The van der Waals surface area contributed by atoms with Gasteiger partial charge in [0.15, 0.2) is 11.5 Å². The van der Waals surface area contributed by atoms with Gasteiger partial charge >= 0.3 is 5.97 Å². The molecule has 0 saturated carbocycles. The van der Waals surface area contributed by atoms with Crippen LogP contribution in [0.3, 0.4) is 0 Å². The van der Waals surface area contributed by atoms with Gasteiger partial charge in [-0.1, -0.05) is 28.2 Å². The minimum absolute atomic E-state index is 0. The van der Waals surface area contributed by atoms with E-state index < -0.39 is 5.97 Å². The van der Waals surface area contributed by atoms with Crippen molar-refractivity contribution >= 4 is 11.5 Å². The van der Waals surface area contributed by atoms with Crippen LogP contribution < -0.4 is 9.47 Å². The Morgan fingerprint density at radius 1 is 1.24 bits per heavy atom. The first-order chi connectivity index (χ1) is 11.4. The van der Waals surface area contributed by atoms with Gasteiger partial charge in [-0.3, -0.25) is 4.79 Å². The number of benzene rings is 1. The van der Waals surface area contributed by atoms with Crippen molar-refractivity contribution in [1.29, 1.82) is 0 Å². The largest absolute Gasteiger partial charge is 0.493 e. The summed E-state index contributed by atoms with van der Waals surface area (Å²) in [5, 5.41) is 0. The highest BCUT2D eigenvalue weighted by molar-refractivity contribution is 6.01. The highest BCUT2D eigenvalue weighted by atomic mass is 16.5. The van der Waals surface area contributed by atoms with E-state index in [9.17, 15) is 4.79 Å². The van der Waals surface area contributed by atoms with Crippen molar-refractivity contribution in [2.75, 3.05) is 20.8 Å². The Morgan fingerprint density at radius 3 is 2.36 bits per heavy atom. The lowest BCUT2D eigenvalue weighted by Crippen LogP contribution is -2.12. The first-order valence-corrected chi connectivity index (χ1v) is 7.94. The van der Waals surface area contributed by atoms with E-state index in [2.05, 4.69) is 18.7 Å². The molecule has 0 unspecified atom stereocenters. The standard InChI is InChI=1S/C19H23NO4.CH4/c1-7-8-24-18(21)17(20-4)13-11-19(2,3)14-10-16(23-6)15(22-5)9-12(13)14;/h9-10H,7-8,11H2,1-3,5-6H3;1H4/b17-13-;. The van der Waals surface area contributed by atoms with Gasteiger partial charge in [0, 0.05) is 0 Å². The average Bonchev–Trinajstić information content (AvgIpc) is 2.83. The molecule has 1 aliphatic rings. The minimum atomic E-state index is -0.555. The summed E-state index contributed by atoms with van der Waals surface area (Å²) in [6.45, 7) is 13.9. The van der Waals surface area contributed by atoms with E-state index in [-0.39, 0.29) is 18.5 Å². The summed E-state index contributed by atoms with van der Waals surface area (Å²) < 4.78 is 15.9. The molecule has 1 aromatic carbocycles. The van der Waals surface area contributed by atoms with Crippen LogP contribution in [0.1, 0.15) is 52.2 Å². The summed E-state index contributed by atoms with van der Waals surface area (Å²) in [4.78, 5) is 15.7. The first-order valence-electron chi connectivity index (χ1n) is 7.94. The van der Waals surface area contributed by atoms with Crippen LogP contribution in [-0.4, -0.2) is 26.8 Å². The summed E-state index contributed by atoms with van der Waals surface area (Å²) in [6.07, 6.45) is 1.32. The fourth-order valence-corrected chi connectivity index (χ4v) is 3.03. The molecule has 1 aromatic rings. The molecule has 0 saturated heterocycles. The van der Waals surface area contributed by atoms with Gasteiger partial charge in [-0.05, 0) is 47.1 Å². The molecule has 5 heteroatoms. The molecule has 0 fully saturated rings. The number of hydrogen-bond donors (Lipinski definition) is 0. The van der Waals surface area contributed by atoms with Crippen molar-refractivity contribution in [3.8, 4) is 11.5 Å². The number of ether oxygens (including phenoxy) is 3. The Hall–Kier alpha value is -2.48. The molecule has 136 valence electrons. The molecule has 0 atom stereocenters. The predicted molar refractivity (Wildman–Crippen MR) is 98.7 cm³/mol. The summed E-state index contributed by atoms with van der Waals surface area (Å²) in [6, 6.07) is 3.77. The van der Waals surface area contributed by atoms with Gasteiger partial charge in [0.1, 0.15) is 0 Å². The van der Waals surface area contributed by atoms with Crippen LogP contribution >= 0.6 is 0 Å². The number of hydrogen-bond acceptors (Lipinski definition) is 4. The number of fused-ring (bicyclic) bond motifs is 1. The van der Waals surface area contributed by atoms with Crippen LogP contribution in [-0.2, 0) is 14.9 Å². The Morgan fingerprint density at radius 2 is 1.84 bits per heavy atom. The number of rotatable bonds is 5. The molecule has 2 rings (SSSR count). The Kier molecular flexibility index (Phi) is 6.63. The molecule has 0 aliphatic heterocycles. The van der Waals surface area contributed by atoms with Gasteiger partial charge in [-0.2, -0.15) is 0 Å². The fourth-order valence-electron chi connectivity index (χ4n) is 3.03. The zero-order chi connectivity index (χ0) is 17.9. The van der Waals surface area contributed by atoms with Gasteiger partial charge < -0.3 is 14.2 Å². The second-order valence-corrected chi connectivity index (χ2v) is 6.39. The van der Waals surface area contributed by atoms with E-state index >= 15 is 0 Å². The van der Waals surface area contributed by atoms with Gasteiger partial charge in [0.05, 0.1) is 27.4 Å². The molecule has 0 N–H and O–H groups in total. The molecule has 25 heavy (non-hydrogen) atoms. The molecular weight excluding hydrogens is 318 g/mol. The predicted octanol–water partition coefficient (Wildman–Crippen LogP) is 4.60. The third-order valence-corrected chi connectivity index (χ3v) is 4.22. The third kappa shape index (κ3) is 3.79. The molecule has 0 aromatic heterocycles. The molecule has 0 amide bonds. The van der Waals surface area contributed by atoms with Crippen LogP contribution in [0, 0.1) is 6.57 Å². The van der Waals surface area contributed by atoms with E-state index in [0.717, 1.165) is 17.5 Å². The van der Waals surface area contributed by atoms with Crippen LogP contribution in [0.15, 0.2) is 17.8 Å². The van der Waals surface area contributed by atoms with E-state index in [4.69, 9.17) is 20.8 Å². The van der Waals surface area contributed by atoms with E-state index in [1.165, 1.54) is 0 Å². The van der Waals surface area contributed by atoms with Crippen LogP contribution in [0.25, 0.3) is 10.4 Å². The molecule has 1 aliphatic carbocycles. The lowest BCUT2D eigenvalue weighted by molar-refractivity contribution is -0.138. The lowest BCUT2D eigenvalue weighted by atomic mass is 9.86. The Balaban J connectivity index is 0.00000312. The second kappa shape index (κ2) is 8.06. The summed E-state index contributed by atoms with van der Waals surface area (Å²) >= 11 is 0. The lowest BCUT2D eigenvalue weighted by Gasteiger charge is -2.19. The Labute approximate surface area is 150 Å². The van der Waals surface area contributed by atoms with Crippen molar-refractivity contribution in [2.24, 2.45) is 0 Å². The van der Waals surface area contributed by atoms with Crippen molar-refractivity contribution < 1.29 is 19.0 Å². The van der Waals surface area contributed by atoms with Crippen molar-refractivity contribution in [2.45, 2.75) is 46.5 Å². The highest BCUT2D eigenvalue weighted by Gasteiger charge is 2.37. The van der Waals surface area contributed by atoms with Crippen LogP contribution in [0.2, 0.25) is 0 Å². The normalized spacial score (nSPS) is 16.2. The topological polar surface area (TPSA) is 49.1 Å². The molecule has 0 radical (unpaired) electrons. The van der Waals surface area contributed by atoms with Crippen molar-refractivity contribution in [3.63, 3.8) is 0 Å². The molecule has 5 nitrogen and oxygen atoms in total. The number of carbonyl (C=O) groups is 1. The van der Waals surface area contributed by atoms with Gasteiger partial charge in [-0.25, -0.2) is 4.85 Å². The maximum absolute atomic E-state index is 12.3. The number of allylic oxidation sites excluding steroid dienone is 1. The summed E-state index contributed by atoms with van der Waals surface area (Å²) in [5.74, 6) is 0.668. The first kappa shape index (κ1) is 20.6. The third-order valence-electron chi connectivity index (χ3n) is 4.22. The van der Waals surface area contributed by atoms with Gasteiger partial charge in [0.2, 0.25) is 0 Å².